The standard InChI is InChI=1S/C73H100N8O39S7/c1-16-74-49-26-36(3)124(98,99)71-47(49)28-59(121-71)126(102,103)78-62(90)38(5)114-67(94)42(9)118-69(96)44(11)116-65(92)40(7)112-54(85)20-18-52(83)108-33-56(87)107-32-51(82)81(73(13,14)15)30-46(31-111-64-61(76-123-77-64)80-22-24-106-25-23-80)120-58(89)35-110-57(88)34-109-53(84)19-21-55(86)113-41(8)66(93)117-45(12)70(97)119-43(10)68(95)115-39(6)63(91)79-127(104,105)60-29-48-50(75-17-2)27-37(4)125(100,101)72(48)122-60/h28-29,36-46,49-50,74-75H,16-27,30-35H2,1-15H3,(H,78,90)(H,79,91)/t36-,37-,38?,39?,40?,41?,42?,43?,44?,45?,46-,49-,50-/m0/s1. The number of hydrogen-bond acceptors (Lipinski definition) is 47. The molecule has 0 spiro atoms. The van der Waals surface area contributed by atoms with Gasteiger partial charge in [0, 0.05) is 41.8 Å². The molecule has 3 amide bonds. The highest BCUT2D eigenvalue weighted by molar-refractivity contribution is 7.96. The second-order valence-electron chi connectivity index (χ2n) is 29.4. The van der Waals surface area contributed by atoms with Crippen molar-refractivity contribution in [2.24, 2.45) is 0 Å². The molecule has 0 aliphatic carbocycles. The van der Waals surface area contributed by atoms with Crippen molar-refractivity contribution in [3.8, 4) is 5.88 Å². The summed E-state index contributed by atoms with van der Waals surface area (Å²) in [6, 6.07) is 1.31. The Bertz CT molecular complexity index is 5040. The summed E-state index contributed by atoms with van der Waals surface area (Å²) in [6.07, 6.45) is -18.2. The van der Waals surface area contributed by atoms with Crippen molar-refractivity contribution in [3.63, 3.8) is 0 Å². The minimum atomic E-state index is -4.70. The molecule has 708 valence electrons. The van der Waals surface area contributed by atoms with Crippen molar-refractivity contribution in [2.75, 3.05) is 83.9 Å². The van der Waals surface area contributed by atoms with Crippen LogP contribution in [0.15, 0.2) is 29.0 Å². The van der Waals surface area contributed by atoms with Gasteiger partial charge in [-0.05, 0) is 128 Å². The van der Waals surface area contributed by atoms with E-state index < -0.39 is 292 Å². The Labute approximate surface area is 741 Å². The van der Waals surface area contributed by atoms with Crippen LogP contribution in [-0.2, 0) is 183 Å². The Morgan fingerprint density at radius 2 is 0.835 bits per heavy atom. The molecule has 0 aromatic carbocycles. The number of aromatic nitrogens is 2. The molecule has 0 bridgehead atoms. The highest BCUT2D eigenvalue weighted by Gasteiger charge is 2.44. The summed E-state index contributed by atoms with van der Waals surface area (Å²) >= 11 is 1.69. The van der Waals surface area contributed by atoms with E-state index in [1.165, 1.54) is 13.8 Å². The maximum Gasteiger partial charge on any atom is 0.347 e. The van der Waals surface area contributed by atoms with Gasteiger partial charge in [0.25, 0.3) is 43.6 Å². The fourth-order valence-electron chi connectivity index (χ4n) is 11.4. The number of nitrogens with one attached hydrogen (secondary N) is 4. The Morgan fingerprint density at radius 1 is 0.488 bits per heavy atom. The number of morpholine rings is 1. The van der Waals surface area contributed by atoms with Gasteiger partial charge >= 0.3 is 77.6 Å². The number of sulfonamides is 2. The average Bonchev–Trinajstić information content (AvgIpc) is 1.61. The highest BCUT2D eigenvalue weighted by Crippen LogP contribution is 2.44. The molecule has 3 aromatic heterocycles. The van der Waals surface area contributed by atoms with E-state index in [-0.39, 0.29) is 38.3 Å². The molecule has 6 heterocycles. The van der Waals surface area contributed by atoms with Gasteiger partial charge in [0.1, 0.15) is 23.4 Å². The van der Waals surface area contributed by atoms with E-state index in [0.717, 1.165) is 84.2 Å². The van der Waals surface area contributed by atoms with E-state index in [0.29, 0.717) is 67.9 Å². The lowest BCUT2D eigenvalue weighted by Crippen LogP contribution is -2.52. The molecule has 0 saturated carbocycles. The number of carbonyl (C=O) groups is 16. The summed E-state index contributed by atoms with van der Waals surface area (Å²) in [5.41, 5.74) is -0.712. The van der Waals surface area contributed by atoms with Crippen molar-refractivity contribution < 1.29 is 181 Å². The number of rotatable bonds is 45. The number of fused-ring (bicyclic) bond motifs is 2. The van der Waals surface area contributed by atoms with Crippen LogP contribution in [0.5, 0.6) is 5.88 Å². The zero-order valence-corrected chi connectivity index (χ0v) is 77.2. The molecule has 127 heavy (non-hydrogen) atoms. The van der Waals surface area contributed by atoms with Crippen molar-refractivity contribution in [1.82, 2.24) is 33.7 Å². The zero-order valence-electron chi connectivity index (χ0n) is 71.5. The molecule has 47 nitrogen and oxygen atoms in total. The molecule has 0 radical (unpaired) electrons. The Balaban J connectivity index is 0.885. The molecular formula is C73H100N8O39S7. The summed E-state index contributed by atoms with van der Waals surface area (Å²) in [4.78, 5) is 209. The van der Waals surface area contributed by atoms with E-state index in [1.54, 1.807) is 44.1 Å². The molecule has 3 aliphatic rings. The quantitative estimate of drug-likeness (QED) is 0.0429. The second-order valence-corrected chi connectivity index (χ2v) is 41.0. The third-order valence-corrected chi connectivity index (χ3v) is 30.2. The number of nitrogens with zero attached hydrogens (tertiary/aromatic N) is 4. The van der Waals surface area contributed by atoms with Crippen molar-refractivity contribution in [2.45, 2.75) is 242 Å². The van der Waals surface area contributed by atoms with Gasteiger partial charge in [-0.1, -0.05) is 13.8 Å². The van der Waals surface area contributed by atoms with E-state index >= 15 is 0 Å². The van der Waals surface area contributed by atoms with Crippen LogP contribution < -0.4 is 29.7 Å². The molecule has 6 rings (SSSR count). The van der Waals surface area contributed by atoms with Crippen LogP contribution in [0.25, 0.3) is 0 Å². The van der Waals surface area contributed by atoms with E-state index in [1.807, 2.05) is 4.90 Å². The van der Waals surface area contributed by atoms with Crippen LogP contribution >= 0.6 is 34.4 Å². The Hall–Kier alpha value is -10.2. The Morgan fingerprint density at radius 3 is 1.21 bits per heavy atom. The number of sulfone groups is 2. The van der Waals surface area contributed by atoms with Gasteiger partial charge in [-0.25, -0.2) is 86.3 Å². The first-order chi connectivity index (χ1) is 59.2. The average molecular weight is 1940 g/mol. The number of ether oxygens (including phenoxy) is 15. The second kappa shape index (κ2) is 46.7. The molecule has 1 fully saturated rings. The number of amides is 3. The molecule has 54 heteroatoms. The normalized spacial score (nSPS) is 18.5. The van der Waals surface area contributed by atoms with Crippen LogP contribution in [0.3, 0.4) is 0 Å². The molecular weight excluding hydrogens is 1840 g/mol. The van der Waals surface area contributed by atoms with Crippen LogP contribution in [0, 0.1) is 0 Å². The lowest BCUT2D eigenvalue weighted by molar-refractivity contribution is -0.183. The van der Waals surface area contributed by atoms with Crippen molar-refractivity contribution >= 4 is 175 Å². The van der Waals surface area contributed by atoms with Gasteiger partial charge in [-0.2, -0.15) is 4.37 Å². The van der Waals surface area contributed by atoms with Crippen LogP contribution in [-0.4, -0.2) is 293 Å². The van der Waals surface area contributed by atoms with Gasteiger partial charge in [-0.15, -0.1) is 27.0 Å². The van der Waals surface area contributed by atoms with Gasteiger partial charge in [-0.3, -0.25) is 33.6 Å². The number of anilines is 1. The van der Waals surface area contributed by atoms with Crippen molar-refractivity contribution in [1.29, 1.82) is 0 Å². The fraction of sp³-hybridized carbons (Fsp3) is 0.644. The third-order valence-electron chi connectivity index (χ3n) is 18.3. The summed E-state index contributed by atoms with van der Waals surface area (Å²) in [5, 5.41) is 4.57. The SMILES string of the molecule is CCN[C@H]1C[C@H](C)S(=O)(=O)c2sc(S(=O)(=O)NC(=O)C(C)OC(=O)C(C)OC(=O)C(C)OC(=O)C(C)OC(=O)CCC(=O)OCC(=O)OCC(=O)O[C@H](COc3nsnc3N3CCOCC3)CN(C(=O)COC(=O)COC(=O)CCC(=O)OC(C)C(=O)OC(C)C(=O)OC(C)C(=O)OC(C)C(=O)NS(=O)(=O)c3cc4c(s3)S(=O)(=O)[C@@H](C)C[C@@H]4NCC)C(C)(C)C)cc21. The first-order valence-corrected chi connectivity index (χ1v) is 47.5. The first kappa shape index (κ1) is 106. The van der Waals surface area contributed by atoms with Crippen molar-refractivity contribution in [3.05, 3.63) is 23.3 Å². The molecule has 8 unspecified atom stereocenters. The van der Waals surface area contributed by atoms with Crippen LogP contribution in [0.1, 0.15) is 166 Å². The number of carbonyl (C=O) groups excluding carboxylic acids is 16. The van der Waals surface area contributed by atoms with E-state index in [9.17, 15) is 110 Å². The summed E-state index contributed by atoms with van der Waals surface area (Å²) in [6.45, 7) is 16.4. The zero-order chi connectivity index (χ0) is 95.1. The van der Waals surface area contributed by atoms with Crippen LogP contribution in [0.2, 0.25) is 0 Å². The predicted octanol–water partition coefficient (Wildman–Crippen LogP) is 0.0454. The maximum atomic E-state index is 13.9. The topological polar surface area (TPSA) is 629 Å². The summed E-state index contributed by atoms with van der Waals surface area (Å²) in [5.74, 6) is -19.8. The smallest absolute Gasteiger partial charge is 0.347 e. The largest absolute Gasteiger partial charge is 0.470 e. The summed E-state index contributed by atoms with van der Waals surface area (Å²) in [7, 11) is -17.2. The summed E-state index contributed by atoms with van der Waals surface area (Å²) < 4.78 is 192. The Kier molecular flexibility index (Phi) is 38.8. The number of hydrogen-bond donors (Lipinski definition) is 4. The predicted molar refractivity (Wildman–Crippen MR) is 431 cm³/mol. The van der Waals surface area contributed by atoms with Gasteiger partial charge in [0.15, 0.2) is 101 Å². The molecule has 3 aromatic rings. The molecule has 1 saturated heterocycles. The number of esters is 13. The maximum absolute atomic E-state index is 13.9. The lowest BCUT2D eigenvalue weighted by Gasteiger charge is -2.37. The van der Waals surface area contributed by atoms with Gasteiger partial charge in [0.2, 0.25) is 5.82 Å². The minimum absolute atomic E-state index is 0.000593. The van der Waals surface area contributed by atoms with Gasteiger partial charge < -0.3 is 91.5 Å². The van der Waals surface area contributed by atoms with Gasteiger partial charge in [0.05, 0.1) is 67.7 Å². The molecule has 4 N–H and O–H groups in total. The minimum Gasteiger partial charge on any atom is -0.470 e. The highest BCUT2D eigenvalue weighted by atomic mass is 32.3. The van der Waals surface area contributed by atoms with E-state index in [4.69, 9.17) is 71.1 Å². The monoisotopic (exact) mass is 1940 g/mol. The molecule has 3 aliphatic heterocycles. The lowest BCUT2D eigenvalue weighted by atomic mass is 10.1. The fourth-order valence-corrected chi connectivity index (χ4v) is 22.0. The van der Waals surface area contributed by atoms with E-state index in [2.05, 4.69) is 19.4 Å². The first-order valence-electron chi connectivity index (χ1n) is 39.1. The molecule has 13 atom stereocenters. The third kappa shape index (κ3) is 30.7. The van der Waals surface area contributed by atoms with Crippen LogP contribution in [0.4, 0.5) is 5.82 Å². The number of thiophene rings is 2.